The Balaban J connectivity index is 1.45. The van der Waals surface area contributed by atoms with Crippen molar-refractivity contribution in [2.45, 2.75) is 29.5 Å². The summed E-state index contributed by atoms with van der Waals surface area (Å²) in [6.45, 7) is 1.74. The van der Waals surface area contributed by atoms with Crippen molar-refractivity contribution in [3.05, 3.63) is 52.5 Å². The van der Waals surface area contributed by atoms with Gasteiger partial charge in [-0.1, -0.05) is 39.8 Å². The molecule has 2 aromatic carbocycles. The number of hydrogen-bond donors (Lipinski definition) is 2. The summed E-state index contributed by atoms with van der Waals surface area (Å²) in [5.41, 5.74) is 2.38. The standard InChI is InChI=1S/C20H18BrN3O3S/c1-12-10-13(21)6-7-14(12)23-17(25)11-22-19(27)20-9-8-18(26)24(20)15-4-2-3-5-16(15)28-20/h2-7,10H,8-9,11H2,1H3,(H,22,27)(H,23,25). The maximum Gasteiger partial charge on any atom is 0.257 e. The van der Waals surface area contributed by atoms with Crippen molar-refractivity contribution in [1.82, 2.24) is 5.32 Å². The molecule has 0 saturated carbocycles. The Labute approximate surface area is 175 Å². The van der Waals surface area contributed by atoms with Crippen LogP contribution in [0.3, 0.4) is 0 Å². The third-order valence-corrected chi connectivity index (χ3v) is 6.87. The molecule has 1 unspecified atom stereocenters. The molecule has 0 spiro atoms. The number of benzene rings is 2. The highest BCUT2D eigenvalue weighted by Crippen LogP contribution is 2.55. The molecule has 4 rings (SSSR count). The van der Waals surface area contributed by atoms with E-state index in [0.717, 1.165) is 20.6 Å². The molecule has 1 saturated heterocycles. The molecule has 0 radical (unpaired) electrons. The van der Waals surface area contributed by atoms with Crippen LogP contribution in [-0.2, 0) is 14.4 Å². The Hall–Kier alpha value is -2.32. The molecule has 2 heterocycles. The van der Waals surface area contributed by atoms with Gasteiger partial charge in [-0.3, -0.25) is 19.3 Å². The van der Waals surface area contributed by atoms with Crippen LogP contribution in [0, 0.1) is 6.92 Å². The van der Waals surface area contributed by atoms with Gasteiger partial charge in [-0.15, -0.1) is 0 Å². The van der Waals surface area contributed by atoms with Crippen LogP contribution in [-0.4, -0.2) is 29.1 Å². The number of anilines is 2. The molecule has 144 valence electrons. The van der Waals surface area contributed by atoms with Crippen molar-refractivity contribution < 1.29 is 14.4 Å². The largest absolute Gasteiger partial charge is 0.344 e. The molecule has 2 aliphatic heterocycles. The van der Waals surface area contributed by atoms with Gasteiger partial charge >= 0.3 is 0 Å². The Bertz CT molecular complexity index is 996. The monoisotopic (exact) mass is 459 g/mol. The fourth-order valence-corrected chi connectivity index (χ4v) is 5.47. The summed E-state index contributed by atoms with van der Waals surface area (Å²) in [7, 11) is 0. The molecule has 2 aliphatic rings. The molecular formula is C20H18BrN3O3S. The summed E-state index contributed by atoms with van der Waals surface area (Å²) in [4.78, 5) is 39.2. The topological polar surface area (TPSA) is 78.5 Å². The number of para-hydroxylation sites is 1. The highest BCUT2D eigenvalue weighted by atomic mass is 79.9. The Kier molecular flexibility index (Phi) is 4.93. The number of halogens is 1. The number of nitrogens with one attached hydrogen (secondary N) is 2. The number of carbonyl (C=O) groups is 3. The third kappa shape index (κ3) is 3.20. The number of fused-ring (bicyclic) bond motifs is 3. The molecule has 0 aliphatic carbocycles. The Morgan fingerprint density at radius 3 is 2.82 bits per heavy atom. The van der Waals surface area contributed by atoms with Crippen LogP contribution >= 0.6 is 27.7 Å². The van der Waals surface area contributed by atoms with E-state index >= 15 is 0 Å². The van der Waals surface area contributed by atoms with Crippen molar-refractivity contribution in [2.24, 2.45) is 0 Å². The molecule has 2 aromatic rings. The van der Waals surface area contributed by atoms with E-state index in [0.29, 0.717) is 18.5 Å². The van der Waals surface area contributed by atoms with E-state index in [4.69, 9.17) is 0 Å². The summed E-state index contributed by atoms with van der Waals surface area (Å²) in [6.07, 6.45) is 0.740. The molecule has 1 fully saturated rings. The van der Waals surface area contributed by atoms with Gasteiger partial charge in [0.15, 0.2) is 4.87 Å². The predicted molar refractivity (Wildman–Crippen MR) is 112 cm³/mol. The predicted octanol–water partition coefficient (Wildman–Crippen LogP) is 3.44. The normalized spacial score (nSPS) is 19.9. The maximum atomic E-state index is 13.0. The molecule has 3 amide bonds. The second-order valence-corrected chi connectivity index (χ2v) is 9.01. The highest BCUT2D eigenvalue weighted by molar-refractivity contribution is 9.10. The van der Waals surface area contributed by atoms with E-state index < -0.39 is 4.87 Å². The summed E-state index contributed by atoms with van der Waals surface area (Å²) in [5, 5.41) is 5.52. The van der Waals surface area contributed by atoms with Crippen molar-refractivity contribution in [3.8, 4) is 0 Å². The minimum atomic E-state index is -1.01. The minimum Gasteiger partial charge on any atom is -0.344 e. The number of amides is 3. The third-order valence-electron chi connectivity index (χ3n) is 4.90. The Morgan fingerprint density at radius 1 is 1.25 bits per heavy atom. The summed E-state index contributed by atoms with van der Waals surface area (Å²) in [6, 6.07) is 13.0. The molecule has 8 heteroatoms. The first kappa shape index (κ1) is 19.0. The van der Waals surface area contributed by atoms with E-state index in [9.17, 15) is 14.4 Å². The van der Waals surface area contributed by atoms with Crippen molar-refractivity contribution in [1.29, 1.82) is 0 Å². The maximum absolute atomic E-state index is 13.0. The van der Waals surface area contributed by atoms with Crippen molar-refractivity contribution >= 4 is 56.8 Å². The van der Waals surface area contributed by atoms with Gasteiger partial charge in [0.1, 0.15) is 0 Å². The quantitative estimate of drug-likeness (QED) is 0.733. The summed E-state index contributed by atoms with van der Waals surface area (Å²) < 4.78 is 0.930. The fraction of sp³-hybridized carbons (Fsp3) is 0.250. The zero-order valence-electron chi connectivity index (χ0n) is 15.1. The number of nitrogens with zero attached hydrogens (tertiary/aromatic N) is 1. The molecule has 2 N–H and O–H groups in total. The van der Waals surface area contributed by atoms with Crippen LogP contribution in [0.2, 0.25) is 0 Å². The van der Waals surface area contributed by atoms with Gasteiger partial charge in [-0.2, -0.15) is 0 Å². The molecule has 28 heavy (non-hydrogen) atoms. The average Bonchev–Trinajstić information content (AvgIpc) is 3.18. The lowest BCUT2D eigenvalue weighted by molar-refractivity contribution is -0.126. The smallest absolute Gasteiger partial charge is 0.257 e. The number of hydrogen-bond acceptors (Lipinski definition) is 4. The van der Waals surface area contributed by atoms with Gasteiger partial charge < -0.3 is 10.6 Å². The average molecular weight is 460 g/mol. The minimum absolute atomic E-state index is 0.0671. The first-order valence-corrected chi connectivity index (χ1v) is 10.5. The molecule has 0 bridgehead atoms. The molecule has 1 atom stereocenters. The second kappa shape index (κ2) is 7.25. The number of rotatable bonds is 4. The van der Waals surface area contributed by atoms with Crippen molar-refractivity contribution in [3.63, 3.8) is 0 Å². The van der Waals surface area contributed by atoms with Gasteiger partial charge in [0.25, 0.3) is 5.91 Å². The Morgan fingerprint density at radius 2 is 2.04 bits per heavy atom. The number of carbonyl (C=O) groups excluding carboxylic acids is 3. The van der Waals surface area contributed by atoms with Gasteiger partial charge in [0.05, 0.1) is 12.2 Å². The van der Waals surface area contributed by atoms with Crippen LogP contribution in [0.1, 0.15) is 18.4 Å². The van der Waals surface area contributed by atoms with E-state index in [1.165, 1.54) is 11.8 Å². The van der Waals surface area contributed by atoms with Gasteiger partial charge in [0.2, 0.25) is 11.8 Å². The molecular weight excluding hydrogens is 442 g/mol. The van der Waals surface area contributed by atoms with Gasteiger partial charge in [-0.05, 0) is 49.2 Å². The van der Waals surface area contributed by atoms with Gasteiger partial charge in [0, 0.05) is 21.5 Å². The fourth-order valence-electron chi connectivity index (χ4n) is 3.56. The van der Waals surface area contributed by atoms with E-state index in [2.05, 4.69) is 26.6 Å². The number of thioether (sulfide) groups is 1. The van der Waals surface area contributed by atoms with Crippen LogP contribution in [0.5, 0.6) is 0 Å². The summed E-state index contributed by atoms with van der Waals surface area (Å²) >= 11 is 4.77. The van der Waals surface area contributed by atoms with Crippen LogP contribution in [0.15, 0.2) is 51.8 Å². The molecule has 6 nitrogen and oxygen atoms in total. The van der Waals surface area contributed by atoms with Crippen LogP contribution in [0.25, 0.3) is 0 Å². The van der Waals surface area contributed by atoms with Crippen LogP contribution < -0.4 is 15.5 Å². The lowest BCUT2D eigenvalue weighted by Crippen LogP contribution is -2.53. The zero-order chi connectivity index (χ0) is 19.9. The zero-order valence-corrected chi connectivity index (χ0v) is 17.5. The lowest BCUT2D eigenvalue weighted by atomic mass is 10.2. The van der Waals surface area contributed by atoms with Crippen LogP contribution in [0.4, 0.5) is 11.4 Å². The number of aryl methyl sites for hydroxylation is 1. The van der Waals surface area contributed by atoms with E-state index in [1.807, 2.05) is 43.3 Å². The lowest BCUT2D eigenvalue weighted by Gasteiger charge is -2.29. The first-order chi connectivity index (χ1) is 13.4. The summed E-state index contributed by atoms with van der Waals surface area (Å²) in [5.74, 6) is -0.698. The first-order valence-electron chi connectivity index (χ1n) is 8.86. The molecule has 0 aromatic heterocycles. The highest BCUT2D eigenvalue weighted by Gasteiger charge is 2.57. The van der Waals surface area contributed by atoms with E-state index in [1.54, 1.807) is 11.0 Å². The second-order valence-electron chi connectivity index (χ2n) is 6.77. The SMILES string of the molecule is Cc1cc(Br)ccc1NC(=O)CNC(=O)C12CCC(=O)N1c1ccccc1S2. The van der Waals surface area contributed by atoms with Crippen molar-refractivity contribution in [2.75, 3.05) is 16.8 Å². The van der Waals surface area contributed by atoms with E-state index in [-0.39, 0.29) is 24.3 Å². The van der Waals surface area contributed by atoms with Gasteiger partial charge in [-0.25, -0.2) is 0 Å².